The lowest BCUT2D eigenvalue weighted by molar-refractivity contribution is -0.126. The number of sulfonamides is 1. The molecule has 0 bridgehead atoms. The fourth-order valence-electron chi connectivity index (χ4n) is 3.74. The Kier molecular flexibility index (Phi) is 7.00. The first kappa shape index (κ1) is 22.5. The molecule has 164 valence electrons. The molecule has 0 aliphatic carbocycles. The minimum Gasteiger partial charge on any atom is -0.468 e. The summed E-state index contributed by atoms with van der Waals surface area (Å²) in [6.45, 7) is 5.02. The van der Waals surface area contributed by atoms with Gasteiger partial charge in [-0.1, -0.05) is 6.07 Å². The standard InChI is InChI=1S/C22H31N3O4S/c1-16-7-8-19(14-17(16)2)30(27,28)25-11-9-18(10-12-25)22(26)23-15-20(24(3)4)21-6-5-13-29-21/h5-8,13-14,18,20H,9-12,15H2,1-4H3,(H,23,26)/t20-/m1/s1. The van der Waals surface area contributed by atoms with Crippen molar-refractivity contribution in [3.05, 3.63) is 53.5 Å². The molecule has 7 nitrogen and oxygen atoms in total. The van der Waals surface area contributed by atoms with Crippen molar-refractivity contribution in [2.45, 2.75) is 37.6 Å². The Hall–Kier alpha value is -2.16. The van der Waals surface area contributed by atoms with Gasteiger partial charge in [-0.15, -0.1) is 0 Å². The third-order valence-electron chi connectivity index (χ3n) is 5.91. The van der Waals surface area contributed by atoms with Crippen LogP contribution in [0.15, 0.2) is 45.9 Å². The van der Waals surface area contributed by atoms with Crippen LogP contribution in [0.4, 0.5) is 0 Å². The molecule has 1 saturated heterocycles. The molecule has 3 rings (SSSR count). The summed E-state index contributed by atoms with van der Waals surface area (Å²) in [5.41, 5.74) is 2.02. The average Bonchev–Trinajstić information content (AvgIpc) is 3.24. The molecule has 1 aliphatic rings. The number of piperidine rings is 1. The first-order chi connectivity index (χ1) is 14.2. The van der Waals surface area contributed by atoms with Gasteiger partial charge in [0.1, 0.15) is 5.76 Å². The zero-order valence-electron chi connectivity index (χ0n) is 18.1. The quantitative estimate of drug-likeness (QED) is 0.726. The number of nitrogens with zero attached hydrogens (tertiary/aromatic N) is 2. The van der Waals surface area contributed by atoms with Gasteiger partial charge in [-0.2, -0.15) is 4.31 Å². The van der Waals surface area contributed by atoms with E-state index in [2.05, 4.69) is 5.32 Å². The van der Waals surface area contributed by atoms with Gasteiger partial charge in [0.25, 0.3) is 0 Å². The fourth-order valence-corrected chi connectivity index (χ4v) is 5.30. The van der Waals surface area contributed by atoms with Gasteiger partial charge in [0.05, 0.1) is 17.2 Å². The van der Waals surface area contributed by atoms with Crippen LogP contribution in [-0.4, -0.2) is 57.3 Å². The van der Waals surface area contributed by atoms with Crippen molar-refractivity contribution in [3.8, 4) is 0 Å². The van der Waals surface area contributed by atoms with E-state index in [9.17, 15) is 13.2 Å². The second-order valence-corrected chi connectivity index (χ2v) is 10.1. The molecule has 1 amide bonds. The summed E-state index contributed by atoms with van der Waals surface area (Å²) < 4.78 is 32.9. The minimum atomic E-state index is -3.53. The smallest absolute Gasteiger partial charge is 0.243 e. The van der Waals surface area contributed by atoms with Crippen molar-refractivity contribution in [1.82, 2.24) is 14.5 Å². The summed E-state index contributed by atoms with van der Waals surface area (Å²) >= 11 is 0. The number of likely N-dealkylation sites (N-methyl/N-ethyl adjacent to an activating group) is 1. The topological polar surface area (TPSA) is 82.9 Å². The van der Waals surface area contributed by atoms with E-state index in [0.29, 0.717) is 37.4 Å². The number of rotatable bonds is 7. The molecular weight excluding hydrogens is 402 g/mol. The Morgan fingerprint density at radius 3 is 2.47 bits per heavy atom. The lowest BCUT2D eigenvalue weighted by Crippen LogP contribution is -2.44. The number of amides is 1. The van der Waals surface area contributed by atoms with E-state index in [1.807, 2.05) is 51.0 Å². The van der Waals surface area contributed by atoms with Crippen LogP contribution >= 0.6 is 0 Å². The highest BCUT2D eigenvalue weighted by atomic mass is 32.2. The molecule has 0 radical (unpaired) electrons. The van der Waals surface area contributed by atoms with Crippen LogP contribution in [0, 0.1) is 19.8 Å². The van der Waals surface area contributed by atoms with Crippen molar-refractivity contribution in [3.63, 3.8) is 0 Å². The van der Waals surface area contributed by atoms with Gasteiger partial charge in [0.2, 0.25) is 15.9 Å². The van der Waals surface area contributed by atoms with E-state index in [4.69, 9.17) is 4.42 Å². The van der Waals surface area contributed by atoms with Gasteiger partial charge < -0.3 is 9.73 Å². The van der Waals surface area contributed by atoms with Crippen molar-refractivity contribution >= 4 is 15.9 Å². The van der Waals surface area contributed by atoms with Crippen molar-refractivity contribution < 1.29 is 17.6 Å². The third-order valence-corrected chi connectivity index (χ3v) is 7.80. The third kappa shape index (κ3) is 4.94. The van der Waals surface area contributed by atoms with Crippen LogP contribution in [0.3, 0.4) is 0 Å². The van der Waals surface area contributed by atoms with Crippen molar-refractivity contribution in [1.29, 1.82) is 0 Å². The maximum atomic E-state index is 13.0. The highest BCUT2D eigenvalue weighted by Gasteiger charge is 2.32. The Balaban J connectivity index is 1.57. The van der Waals surface area contributed by atoms with E-state index < -0.39 is 10.0 Å². The van der Waals surface area contributed by atoms with Crippen LogP contribution < -0.4 is 5.32 Å². The van der Waals surface area contributed by atoms with E-state index in [1.165, 1.54) is 4.31 Å². The van der Waals surface area contributed by atoms with Crippen LogP contribution in [0.5, 0.6) is 0 Å². The largest absolute Gasteiger partial charge is 0.468 e. The van der Waals surface area contributed by atoms with E-state index >= 15 is 0 Å². The van der Waals surface area contributed by atoms with Gasteiger partial charge in [-0.25, -0.2) is 8.42 Å². The lowest BCUT2D eigenvalue weighted by atomic mass is 9.97. The molecule has 0 saturated carbocycles. The lowest BCUT2D eigenvalue weighted by Gasteiger charge is -2.31. The Morgan fingerprint density at radius 2 is 1.90 bits per heavy atom. The number of benzene rings is 1. The maximum absolute atomic E-state index is 13.0. The number of aryl methyl sites for hydroxylation is 2. The van der Waals surface area contributed by atoms with Gasteiger partial charge in [-0.3, -0.25) is 9.69 Å². The molecule has 1 aromatic heterocycles. The molecule has 0 unspecified atom stereocenters. The second kappa shape index (κ2) is 9.32. The molecule has 8 heteroatoms. The number of nitrogens with one attached hydrogen (secondary N) is 1. The van der Waals surface area contributed by atoms with Crippen LogP contribution in [0.1, 0.15) is 35.8 Å². The van der Waals surface area contributed by atoms with Crippen LogP contribution in [-0.2, 0) is 14.8 Å². The first-order valence-electron chi connectivity index (χ1n) is 10.2. The molecule has 30 heavy (non-hydrogen) atoms. The summed E-state index contributed by atoms with van der Waals surface area (Å²) in [6, 6.07) is 8.90. The SMILES string of the molecule is Cc1ccc(S(=O)(=O)N2CCC(C(=O)NC[C@H](c3ccco3)N(C)C)CC2)cc1C. The summed E-state index contributed by atoms with van der Waals surface area (Å²) in [6.07, 6.45) is 2.66. The Labute approximate surface area is 179 Å². The summed E-state index contributed by atoms with van der Waals surface area (Å²) in [5.74, 6) is 0.585. The van der Waals surface area contributed by atoms with Gasteiger partial charge in [-0.05, 0) is 76.2 Å². The van der Waals surface area contributed by atoms with Crippen molar-refractivity contribution in [2.24, 2.45) is 5.92 Å². The fraction of sp³-hybridized carbons (Fsp3) is 0.500. The predicted octanol–water partition coefficient (Wildman–Crippen LogP) is 2.72. The van der Waals surface area contributed by atoms with E-state index in [0.717, 1.165) is 16.9 Å². The highest BCUT2D eigenvalue weighted by Crippen LogP contribution is 2.25. The van der Waals surface area contributed by atoms with E-state index in [-0.39, 0.29) is 17.9 Å². The van der Waals surface area contributed by atoms with Crippen molar-refractivity contribution in [2.75, 3.05) is 33.7 Å². The molecule has 2 aromatic rings. The molecule has 1 aromatic carbocycles. The molecule has 0 spiro atoms. The summed E-state index contributed by atoms with van der Waals surface area (Å²) in [7, 11) is 0.345. The zero-order valence-corrected chi connectivity index (χ0v) is 18.9. The van der Waals surface area contributed by atoms with Gasteiger partial charge in [0, 0.05) is 25.6 Å². The summed E-state index contributed by atoms with van der Waals surface area (Å²) in [5, 5.41) is 3.01. The average molecular weight is 434 g/mol. The first-order valence-corrected chi connectivity index (χ1v) is 11.7. The van der Waals surface area contributed by atoms with Gasteiger partial charge >= 0.3 is 0 Å². The molecule has 1 N–H and O–H groups in total. The zero-order chi connectivity index (χ0) is 21.9. The Morgan fingerprint density at radius 1 is 1.20 bits per heavy atom. The molecule has 2 heterocycles. The normalized spacial score (nSPS) is 17.2. The Bertz CT molecular complexity index is 962. The van der Waals surface area contributed by atoms with Gasteiger partial charge in [0.15, 0.2) is 0 Å². The number of hydrogen-bond acceptors (Lipinski definition) is 5. The number of carbonyl (C=O) groups excluding carboxylic acids is 1. The molecule has 1 atom stereocenters. The molecular formula is C22H31N3O4S. The number of carbonyl (C=O) groups is 1. The summed E-state index contributed by atoms with van der Waals surface area (Å²) in [4.78, 5) is 15.0. The molecule has 1 fully saturated rings. The molecule has 1 aliphatic heterocycles. The highest BCUT2D eigenvalue weighted by molar-refractivity contribution is 7.89. The second-order valence-electron chi connectivity index (χ2n) is 8.16. The predicted molar refractivity (Wildman–Crippen MR) is 116 cm³/mol. The van der Waals surface area contributed by atoms with Crippen LogP contribution in [0.25, 0.3) is 0 Å². The monoisotopic (exact) mass is 433 g/mol. The van der Waals surface area contributed by atoms with Crippen LogP contribution in [0.2, 0.25) is 0 Å². The minimum absolute atomic E-state index is 0.0309. The number of hydrogen-bond donors (Lipinski definition) is 1. The maximum Gasteiger partial charge on any atom is 0.243 e. The number of furan rings is 1. The van der Waals surface area contributed by atoms with E-state index in [1.54, 1.807) is 18.4 Å².